The van der Waals surface area contributed by atoms with Gasteiger partial charge in [-0.05, 0) is 19.4 Å². The lowest BCUT2D eigenvalue weighted by molar-refractivity contribution is -0.352. The molecule has 0 fully saturated rings. The summed E-state index contributed by atoms with van der Waals surface area (Å²) >= 11 is 0. The molecule has 0 bridgehead atoms. The molecule has 0 spiro atoms. The van der Waals surface area contributed by atoms with Crippen LogP contribution in [-0.2, 0) is 5.60 Å². The van der Waals surface area contributed by atoms with E-state index in [-0.39, 0.29) is 5.56 Å². The molecule has 23 heavy (non-hydrogen) atoms. The second-order valence-electron chi connectivity index (χ2n) is 5.35. The first-order valence-electron chi connectivity index (χ1n) is 6.29. The van der Waals surface area contributed by atoms with Crippen LogP contribution in [0.3, 0.4) is 0 Å². The zero-order valence-corrected chi connectivity index (χ0v) is 12.0. The standard InChI is InChI=1S/C14H13F7O2/c1-8(22)9-5-3-4-6-10(9)11(2,23)7-12(15,13(16,17)18)14(19,20)21/h3-6,23H,7H2,1-2H3. The van der Waals surface area contributed by atoms with Crippen LogP contribution < -0.4 is 0 Å². The van der Waals surface area contributed by atoms with Gasteiger partial charge in [0.2, 0.25) is 0 Å². The lowest BCUT2D eigenvalue weighted by atomic mass is 9.81. The van der Waals surface area contributed by atoms with Crippen molar-refractivity contribution in [3.05, 3.63) is 35.4 Å². The molecule has 0 aliphatic heterocycles. The van der Waals surface area contributed by atoms with Gasteiger partial charge < -0.3 is 5.11 Å². The number of aliphatic hydroxyl groups is 1. The van der Waals surface area contributed by atoms with Gasteiger partial charge in [-0.2, -0.15) is 26.3 Å². The van der Waals surface area contributed by atoms with Crippen LogP contribution in [0.25, 0.3) is 0 Å². The molecule has 1 aromatic rings. The zero-order valence-electron chi connectivity index (χ0n) is 12.0. The molecule has 1 aromatic carbocycles. The number of Topliss-reactive ketones (excluding diaryl/α,β-unsaturated/α-hetero) is 1. The maximum absolute atomic E-state index is 13.8. The van der Waals surface area contributed by atoms with Gasteiger partial charge in [-0.3, -0.25) is 4.79 Å². The Morgan fingerprint density at radius 3 is 1.83 bits per heavy atom. The number of ketones is 1. The summed E-state index contributed by atoms with van der Waals surface area (Å²) in [4.78, 5) is 11.4. The number of carbonyl (C=O) groups is 1. The van der Waals surface area contributed by atoms with E-state index in [1.165, 1.54) is 12.1 Å². The number of carbonyl (C=O) groups excluding carboxylic acids is 1. The Hall–Kier alpha value is -1.64. The van der Waals surface area contributed by atoms with Gasteiger partial charge >= 0.3 is 18.0 Å². The lowest BCUT2D eigenvalue weighted by Crippen LogP contribution is -2.56. The molecular formula is C14H13F7O2. The smallest absolute Gasteiger partial charge is 0.385 e. The molecule has 0 heterocycles. The second-order valence-corrected chi connectivity index (χ2v) is 5.35. The molecule has 1 rings (SSSR count). The van der Waals surface area contributed by atoms with Crippen molar-refractivity contribution in [3.63, 3.8) is 0 Å². The predicted octanol–water partition coefficient (Wildman–Crippen LogP) is 4.32. The fraction of sp³-hybridized carbons (Fsp3) is 0.500. The van der Waals surface area contributed by atoms with Crippen molar-refractivity contribution in [1.82, 2.24) is 0 Å². The van der Waals surface area contributed by atoms with E-state index in [4.69, 9.17) is 0 Å². The van der Waals surface area contributed by atoms with Crippen LogP contribution in [0.4, 0.5) is 30.7 Å². The average molecular weight is 346 g/mol. The molecule has 1 N–H and O–H groups in total. The minimum absolute atomic E-state index is 0.288. The van der Waals surface area contributed by atoms with Crippen molar-refractivity contribution in [3.8, 4) is 0 Å². The summed E-state index contributed by atoms with van der Waals surface area (Å²) in [5.41, 5.74) is -9.29. The zero-order chi connectivity index (χ0) is 18.3. The molecule has 0 saturated heterocycles. The average Bonchev–Trinajstić information content (AvgIpc) is 2.35. The Balaban J connectivity index is 3.42. The van der Waals surface area contributed by atoms with E-state index < -0.39 is 41.4 Å². The van der Waals surface area contributed by atoms with Crippen LogP contribution in [0.2, 0.25) is 0 Å². The summed E-state index contributed by atoms with van der Waals surface area (Å²) in [5, 5.41) is 10.1. The highest BCUT2D eigenvalue weighted by Gasteiger charge is 2.73. The third-order valence-electron chi connectivity index (χ3n) is 3.37. The van der Waals surface area contributed by atoms with Gasteiger partial charge in [-0.25, -0.2) is 4.39 Å². The van der Waals surface area contributed by atoms with Crippen LogP contribution in [0, 0.1) is 0 Å². The van der Waals surface area contributed by atoms with Crippen molar-refractivity contribution in [2.75, 3.05) is 0 Å². The van der Waals surface area contributed by atoms with Crippen molar-refractivity contribution in [1.29, 1.82) is 0 Å². The van der Waals surface area contributed by atoms with Gasteiger partial charge in [0.15, 0.2) is 5.78 Å². The van der Waals surface area contributed by atoms with Gasteiger partial charge in [0.05, 0.1) is 5.60 Å². The van der Waals surface area contributed by atoms with E-state index in [0.717, 1.165) is 19.1 Å². The number of hydrogen-bond donors (Lipinski definition) is 1. The lowest BCUT2D eigenvalue weighted by Gasteiger charge is -2.36. The van der Waals surface area contributed by atoms with Crippen molar-refractivity contribution < 1.29 is 40.6 Å². The van der Waals surface area contributed by atoms with Gasteiger partial charge in [0, 0.05) is 12.0 Å². The molecule has 2 nitrogen and oxygen atoms in total. The largest absolute Gasteiger partial charge is 0.431 e. The van der Waals surface area contributed by atoms with Crippen LogP contribution in [0.5, 0.6) is 0 Å². The van der Waals surface area contributed by atoms with Gasteiger partial charge in [0.25, 0.3) is 0 Å². The van der Waals surface area contributed by atoms with Crippen LogP contribution >= 0.6 is 0 Å². The summed E-state index contributed by atoms with van der Waals surface area (Å²) in [6, 6.07) is 4.61. The Morgan fingerprint density at radius 1 is 1.00 bits per heavy atom. The first-order valence-corrected chi connectivity index (χ1v) is 6.29. The molecule has 0 saturated carbocycles. The summed E-state index contributed by atoms with van der Waals surface area (Å²) in [6.45, 7) is 1.62. The van der Waals surface area contributed by atoms with Crippen molar-refractivity contribution >= 4 is 5.78 Å². The van der Waals surface area contributed by atoms with Crippen molar-refractivity contribution in [2.24, 2.45) is 0 Å². The van der Waals surface area contributed by atoms with E-state index in [0.29, 0.717) is 6.92 Å². The molecule has 0 aromatic heterocycles. The van der Waals surface area contributed by atoms with Crippen molar-refractivity contribution in [2.45, 2.75) is 43.9 Å². The molecule has 130 valence electrons. The van der Waals surface area contributed by atoms with E-state index in [2.05, 4.69) is 0 Å². The topological polar surface area (TPSA) is 37.3 Å². The van der Waals surface area contributed by atoms with E-state index >= 15 is 0 Å². The Labute approximate surface area is 126 Å². The minimum atomic E-state index is -6.28. The maximum Gasteiger partial charge on any atom is 0.431 e. The highest BCUT2D eigenvalue weighted by atomic mass is 19.4. The Kier molecular flexibility index (Phi) is 4.87. The number of halogens is 7. The molecular weight excluding hydrogens is 333 g/mol. The number of rotatable bonds is 4. The Bertz CT molecular complexity index is 574. The number of benzene rings is 1. The Morgan fingerprint density at radius 2 is 1.43 bits per heavy atom. The molecule has 1 unspecified atom stereocenters. The third-order valence-corrected chi connectivity index (χ3v) is 3.37. The maximum atomic E-state index is 13.8. The predicted molar refractivity (Wildman–Crippen MR) is 66.6 cm³/mol. The number of hydrogen-bond acceptors (Lipinski definition) is 2. The van der Waals surface area contributed by atoms with E-state index in [1.807, 2.05) is 0 Å². The number of alkyl halides is 7. The van der Waals surface area contributed by atoms with Gasteiger partial charge in [-0.15, -0.1) is 0 Å². The molecule has 0 aliphatic carbocycles. The molecule has 0 amide bonds. The molecule has 9 heteroatoms. The summed E-state index contributed by atoms with van der Waals surface area (Å²) in [7, 11) is 0. The fourth-order valence-corrected chi connectivity index (χ4v) is 2.19. The molecule has 1 atom stereocenters. The molecule has 0 radical (unpaired) electrons. The highest BCUT2D eigenvalue weighted by molar-refractivity contribution is 5.95. The first kappa shape index (κ1) is 19.4. The SMILES string of the molecule is CC(=O)c1ccccc1C(C)(O)CC(F)(C(F)(F)F)C(F)(F)F. The second kappa shape index (κ2) is 5.77. The van der Waals surface area contributed by atoms with Crippen LogP contribution in [0.1, 0.15) is 36.2 Å². The minimum Gasteiger partial charge on any atom is -0.385 e. The molecule has 0 aliphatic rings. The van der Waals surface area contributed by atoms with E-state index in [1.54, 1.807) is 0 Å². The normalized spacial score (nSPS) is 16.1. The van der Waals surface area contributed by atoms with Gasteiger partial charge in [-0.1, -0.05) is 24.3 Å². The van der Waals surface area contributed by atoms with Crippen LogP contribution in [0.15, 0.2) is 24.3 Å². The first-order chi connectivity index (χ1) is 10.1. The van der Waals surface area contributed by atoms with Gasteiger partial charge in [0.1, 0.15) is 0 Å². The highest BCUT2D eigenvalue weighted by Crippen LogP contribution is 2.52. The third kappa shape index (κ3) is 3.65. The fourth-order valence-electron chi connectivity index (χ4n) is 2.19. The van der Waals surface area contributed by atoms with E-state index in [9.17, 15) is 40.6 Å². The summed E-state index contributed by atoms with van der Waals surface area (Å²) in [6.07, 6.45) is -14.9. The quantitative estimate of drug-likeness (QED) is 0.651. The summed E-state index contributed by atoms with van der Waals surface area (Å²) < 4.78 is 89.6. The summed E-state index contributed by atoms with van der Waals surface area (Å²) in [5.74, 6) is -0.690. The monoisotopic (exact) mass is 346 g/mol. The van der Waals surface area contributed by atoms with Crippen LogP contribution in [-0.4, -0.2) is 28.9 Å².